The monoisotopic (exact) mass is 829 g/mol. The van der Waals surface area contributed by atoms with E-state index in [1.165, 1.54) is 0 Å². The van der Waals surface area contributed by atoms with E-state index in [0.29, 0.717) is 71.3 Å². The van der Waals surface area contributed by atoms with Crippen molar-refractivity contribution in [2.24, 2.45) is 0 Å². The Bertz CT molecular complexity index is 2470. The average molecular weight is 831 g/mol. The van der Waals surface area contributed by atoms with Gasteiger partial charge in [0.1, 0.15) is 36.5 Å². The third-order valence-corrected chi connectivity index (χ3v) is 11.2. The normalized spacial score (nSPS) is 15.5. The number of nitrogens with zero attached hydrogens (tertiary/aromatic N) is 3. The molecule has 0 aliphatic carbocycles. The van der Waals surface area contributed by atoms with Gasteiger partial charge in [-0.1, -0.05) is 53.5 Å². The van der Waals surface area contributed by atoms with Crippen LogP contribution in [0.2, 0.25) is 10.0 Å². The van der Waals surface area contributed by atoms with E-state index in [9.17, 15) is 9.59 Å². The average Bonchev–Trinajstić information content (AvgIpc) is 3.25. The molecule has 4 heterocycles. The fourth-order valence-electron chi connectivity index (χ4n) is 7.00. The van der Waals surface area contributed by atoms with Crippen LogP contribution in [0, 0.1) is 13.8 Å². The summed E-state index contributed by atoms with van der Waals surface area (Å²) in [5, 5.41) is 6.96. The van der Waals surface area contributed by atoms with Crippen molar-refractivity contribution in [1.29, 1.82) is 0 Å². The number of carbonyl (C=O) groups excluding carboxylic acids is 2. The number of urea groups is 1. The third kappa shape index (κ3) is 9.38. The molecule has 6 aromatic rings. The van der Waals surface area contributed by atoms with Crippen LogP contribution >= 0.6 is 23.2 Å². The number of carbonyl (C=O) groups is 2. The molecule has 11 nitrogen and oxygen atoms in total. The maximum Gasteiger partial charge on any atom is 0.322 e. The summed E-state index contributed by atoms with van der Waals surface area (Å²) < 4.78 is 24.7. The van der Waals surface area contributed by atoms with Gasteiger partial charge in [-0.25, -0.2) is 4.79 Å². The first-order valence-electron chi connectivity index (χ1n) is 19.2. The highest BCUT2D eigenvalue weighted by Crippen LogP contribution is 2.41. The molecule has 13 heteroatoms. The Kier molecular flexibility index (Phi) is 11.8. The molecule has 2 aliphatic heterocycles. The Morgan fingerprint density at radius 2 is 1.64 bits per heavy atom. The maximum absolute atomic E-state index is 13.9. The minimum Gasteiger partial charge on any atom is -0.489 e. The SMILES string of the molecule is Cc1nccc(Oc2ccc(CCNC(=O)C3Cc4cc5c(cc4CN3C(=O)Nc3cccnc3)OC(c3ccc(OCc4ccc(Cl)c(Cl)c4)cc3)CO5)cc2)c1C. The van der Waals surface area contributed by atoms with Gasteiger partial charge in [0.2, 0.25) is 5.91 Å². The van der Waals surface area contributed by atoms with Crippen molar-refractivity contribution < 1.29 is 28.5 Å². The van der Waals surface area contributed by atoms with E-state index in [2.05, 4.69) is 20.6 Å². The van der Waals surface area contributed by atoms with E-state index in [-0.39, 0.29) is 18.6 Å². The van der Waals surface area contributed by atoms with Gasteiger partial charge in [-0.2, -0.15) is 0 Å². The maximum atomic E-state index is 13.9. The zero-order valence-electron chi connectivity index (χ0n) is 32.4. The minimum atomic E-state index is -0.769. The molecule has 2 N–H and O–H groups in total. The van der Waals surface area contributed by atoms with Crippen LogP contribution in [0.4, 0.5) is 10.5 Å². The predicted octanol–water partition coefficient (Wildman–Crippen LogP) is 9.60. The predicted molar refractivity (Wildman–Crippen MR) is 226 cm³/mol. The van der Waals surface area contributed by atoms with E-state index in [4.69, 9.17) is 42.1 Å². The van der Waals surface area contributed by atoms with Gasteiger partial charge < -0.3 is 34.5 Å². The molecule has 4 aromatic carbocycles. The Balaban J connectivity index is 0.923. The first kappa shape index (κ1) is 39.5. The lowest BCUT2D eigenvalue weighted by Crippen LogP contribution is -2.54. The number of aryl methyl sites for hydroxylation is 1. The number of hydrogen-bond acceptors (Lipinski definition) is 8. The molecule has 3 amide bonds. The quantitative estimate of drug-likeness (QED) is 0.132. The van der Waals surface area contributed by atoms with Crippen LogP contribution in [0.3, 0.4) is 0 Å². The Morgan fingerprint density at radius 3 is 2.42 bits per heavy atom. The molecule has 0 fully saturated rings. The molecule has 2 aliphatic rings. The van der Waals surface area contributed by atoms with Gasteiger partial charge >= 0.3 is 6.03 Å². The van der Waals surface area contributed by atoms with Crippen LogP contribution in [-0.4, -0.2) is 46.0 Å². The van der Waals surface area contributed by atoms with Crippen molar-refractivity contribution in [3.63, 3.8) is 0 Å². The molecule has 0 saturated heterocycles. The lowest BCUT2D eigenvalue weighted by Gasteiger charge is -2.37. The number of aromatic nitrogens is 2. The Hall–Kier alpha value is -6.30. The number of ether oxygens (including phenoxy) is 4. The van der Waals surface area contributed by atoms with Crippen molar-refractivity contribution in [3.05, 3.63) is 165 Å². The number of hydrogen-bond donors (Lipinski definition) is 2. The molecular formula is C46H41Cl2N5O6. The molecule has 0 bridgehead atoms. The van der Waals surface area contributed by atoms with E-state index in [0.717, 1.165) is 44.8 Å². The third-order valence-electron chi connectivity index (χ3n) is 10.4. The standard InChI is InChI=1S/C46H41Cl2N5O6/c1-28-29(2)50-19-16-41(28)58-37-10-5-30(6-11-37)15-18-51-45(54)40-21-33-22-42-43(23-34(33)25-53(40)46(55)52-35-4-3-17-49-24-35)59-44(27-57-42)32-8-12-36(13-9-32)56-26-31-7-14-38(47)39(48)20-31/h3-14,16-17,19-20,22-24,40,44H,15,18,21,25-27H2,1-2H3,(H,51,54)(H,52,55). The lowest BCUT2D eigenvalue weighted by atomic mass is 9.92. The number of pyridine rings is 2. The fourth-order valence-corrected chi connectivity index (χ4v) is 7.32. The number of amides is 3. The van der Waals surface area contributed by atoms with Crippen LogP contribution < -0.4 is 29.6 Å². The molecule has 2 aromatic heterocycles. The first-order chi connectivity index (χ1) is 28.7. The second kappa shape index (κ2) is 17.7. The first-order valence-corrected chi connectivity index (χ1v) is 20.0. The van der Waals surface area contributed by atoms with Crippen LogP contribution in [-0.2, 0) is 30.8 Å². The van der Waals surface area contributed by atoms with E-state index >= 15 is 0 Å². The molecule has 59 heavy (non-hydrogen) atoms. The number of anilines is 1. The van der Waals surface area contributed by atoms with Crippen molar-refractivity contribution in [2.45, 2.75) is 52.0 Å². The van der Waals surface area contributed by atoms with Crippen molar-refractivity contribution >= 4 is 40.8 Å². The summed E-state index contributed by atoms with van der Waals surface area (Å²) in [5.74, 6) is 3.08. The summed E-state index contributed by atoms with van der Waals surface area (Å²) in [5.41, 5.74) is 7.08. The highest BCUT2D eigenvalue weighted by molar-refractivity contribution is 6.42. The summed E-state index contributed by atoms with van der Waals surface area (Å²) in [7, 11) is 0. The van der Waals surface area contributed by atoms with Gasteiger partial charge in [0.05, 0.1) is 21.9 Å². The molecule has 300 valence electrons. The largest absolute Gasteiger partial charge is 0.489 e. The highest BCUT2D eigenvalue weighted by Gasteiger charge is 2.36. The van der Waals surface area contributed by atoms with Gasteiger partial charge in [0, 0.05) is 43.2 Å². The Labute approximate surface area is 352 Å². The minimum absolute atomic E-state index is 0.184. The molecule has 2 unspecified atom stereocenters. The lowest BCUT2D eigenvalue weighted by molar-refractivity contribution is -0.125. The second-order valence-corrected chi connectivity index (χ2v) is 15.2. The molecule has 2 atom stereocenters. The van der Waals surface area contributed by atoms with Gasteiger partial charge in [-0.15, -0.1) is 0 Å². The van der Waals surface area contributed by atoms with Gasteiger partial charge in [0.25, 0.3) is 0 Å². The van der Waals surface area contributed by atoms with E-state index < -0.39 is 12.1 Å². The summed E-state index contributed by atoms with van der Waals surface area (Å²) in [6, 6.07) is 28.9. The fraction of sp³-hybridized carbons (Fsp3) is 0.217. The number of nitrogens with one attached hydrogen (secondary N) is 2. The second-order valence-electron chi connectivity index (χ2n) is 14.4. The van der Waals surface area contributed by atoms with Crippen LogP contribution in [0.15, 0.2) is 116 Å². The topological polar surface area (TPSA) is 124 Å². The van der Waals surface area contributed by atoms with E-state index in [1.807, 2.05) is 86.6 Å². The summed E-state index contributed by atoms with van der Waals surface area (Å²) in [6.07, 6.45) is 5.46. The van der Waals surface area contributed by atoms with E-state index in [1.54, 1.807) is 47.8 Å². The number of fused-ring (bicyclic) bond motifs is 2. The molecule has 0 radical (unpaired) electrons. The number of benzene rings is 4. The summed E-state index contributed by atoms with van der Waals surface area (Å²) in [6.45, 7) is 5.15. The summed E-state index contributed by atoms with van der Waals surface area (Å²) >= 11 is 12.2. The van der Waals surface area contributed by atoms with Crippen LogP contribution in [0.5, 0.6) is 28.7 Å². The zero-order valence-corrected chi connectivity index (χ0v) is 33.9. The summed E-state index contributed by atoms with van der Waals surface area (Å²) in [4.78, 5) is 37.7. The van der Waals surface area contributed by atoms with Crippen LogP contribution in [0.1, 0.15) is 45.2 Å². The van der Waals surface area contributed by atoms with Gasteiger partial charge in [0.15, 0.2) is 17.6 Å². The van der Waals surface area contributed by atoms with Crippen molar-refractivity contribution in [2.75, 3.05) is 18.5 Å². The number of halogens is 2. The van der Waals surface area contributed by atoms with Crippen LogP contribution in [0.25, 0.3) is 0 Å². The van der Waals surface area contributed by atoms with Gasteiger partial charge in [-0.05, 0) is 115 Å². The van der Waals surface area contributed by atoms with Crippen molar-refractivity contribution in [1.82, 2.24) is 20.2 Å². The highest BCUT2D eigenvalue weighted by atomic mass is 35.5. The van der Waals surface area contributed by atoms with Crippen molar-refractivity contribution in [3.8, 4) is 28.7 Å². The molecule has 0 spiro atoms. The smallest absolute Gasteiger partial charge is 0.322 e. The zero-order chi connectivity index (χ0) is 40.9. The van der Waals surface area contributed by atoms with Gasteiger partial charge in [-0.3, -0.25) is 14.8 Å². The number of rotatable bonds is 11. The molecular weight excluding hydrogens is 789 g/mol. The Morgan fingerprint density at radius 1 is 0.864 bits per heavy atom. The molecule has 8 rings (SSSR count). The molecule has 0 saturated carbocycles.